The van der Waals surface area contributed by atoms with Gasteiger partial charge in [0.1, 0.15) is 5.54 Å². The lowest BCUT2D eigenvalue weighted by Gasteiger charge is -2.34. The molecule has 2 rings (SSSR count). The van der Waals surface area contributed by atoms with E-state index in [1.807, 2.05) is 0 Å². The summed E-state index contributed by atoms with van der Waals surface area (Å²) in [5.74, 6) is -0.447. The first-order valence-corrected chi connectivity index (χ1v) is 9.22. The molecule has 26 heavy (non-hydrogen) atoms. The zero-order valence-corrected chi connectivity index (χ0v) is 16.0. The molecule has 0 aliphatic heterocycles. The van der Waals surface area contributed by atoms with Gasteiger partial charge in [-0.15, -0.1) is 0 Å². The summed E-state index contributed by atoms with van der Waals surface area (Å²) in [6.07, 6.45) is 4.36. The minimum Gasteiger partial charge on any atom is -0.336 e. The van der Waals surface area contributed by atoms with Crippen LogP contribution in [0.3, 0.4) is 0 Å². The molecule has 1 unspecified atom stereocenters. The molecule has 2 amide bonds. The van der Waals surface area contributed by atoms with E-state index in [1.54, 1.807) is 43.1 Å². The van der Waals surface area contributed by atoms with Gasteiger partial charge in [-0.1, -0.05) is 30.9 Å². The molecule has 1 aromatic carbocycles. The Morgan fingerprint density at radius 1 is 1.27 bits per heavy atom. The molecule has 1 saturated carbocycles. The lowest BCUT2D eigenvalue weighted by atomic mass is 9.82. The first-order valence-electron chi connectivity index (χ1n) is 8.84. The second-order valence-electron chi connectivity index (χ2n) is 6.89. The first kappa shape index (κ1) is 20.2. The van der Waals surface area contributed by atoms with Gasteiger partial charge < -0.3 is 10.6 Å². The standard InChI is InChI=1S/C19H25ClN4O2/c1-14(18(26)23-19(13-21)10-4-3-5-11-19)24(2)12-17(25)22-16-8-6-15(20)7-9-16/h6-9,14H,3-5,10-12H2,1-2H3,(H,22,25)(H,23,26). The van der Waals surface area contributed by atoms with Crippen molar-refractivity contribution in [3.05, 3.63) is 29.3 Å². The molecule has 1 aromatic rings. The van der Waals surface area contributed by atoms with Crippen molar-refractivity contribution in [1.29, 1.82) is 5.26 Å². The Morgan fingerprint density at radius 2 is 1.88 bits per heavy atom. The normalized spacial score (nSPS) is 17.2. The number of hydrogen-bond acceptors (Lipinski definition) is 4. The molecule has 1 aliphatic carbocycles. The van der Waals surface area contributed by atoms with Gasteiger partial charge in [-0.05, 0) is 51.1 Å². The Balaban J connectivity index is 1.88. The monoisotopic (exact) mass is 376 g/mol. The minimum atomic E-state index is -0.768. The number of nitriles is 1. The van der Waals surface area contributed by atoms with Crippen LogP contribution < -0.4 is 10.6 Å². The molecule has 0 aromatic heterocycles. The highest BCUT2D eigenvalue weighted by Gasteiger charge is 2.35. The zero-order valence-electron chi connectivity index (χ0n) is 15.2. The Kier molecular flexibility index (Phi) is 7.01. The number of likely N-dealkylation sites (N-methyl/N-ethyl adjacent to an activating group) is 1. The third-order valence-corrected chi connectivity index (χ3v) is 5.10. The summed E-state index contributed by atoms with van der Waals surface area (Å²) < 4.78 is 0. The maximum Gasteiger partial charge on any atom is 0.238 e. The number of hydrogen-bond donors (Lipinski definition) is 2. The number of carbonyl (C=O) groups excluding carboxylic acids is 2. The Morgan fingerprint density at radius 3 is 2.46 bits per heavy atom. The van der Waals surface area contributed by atoms with E-state index in [-0.39, 0.29) is 18.4 Å². The number of benzene rings is 1. The fraction of sp³-hybridized carbons (Fsp3) is 0.526. The predicted octanol–water partition coefficient (Wildman–Crippen LogP) is 2.94. The minimum absolute atomic E-state index is 0.0662. The summed E-state index contributed by atoms with van der Waals surface area (Å²) >= 11 is 5.82. The summed E-state index contributed by atoms with van der Waals surface area (Å²) in [5, 5.41) is 15.8. The number of nitrogens with zero attached hydrogens (tertiary/aromatic N) is 2. The van der Waals surface area contributed by atoms with Crippen LogP contribution in [0.2, 0.25) is 5.02 Å². The van der Waals surface area contributed by atoms with Crippen LogP contribution >= 0.6 is 11.6 Å². The van der Waals surface area contributed by atoms with Gasteiger partial charge in [-0.2, -0.15) is 5.26 Å². The largest absolute Gasteiger partial charge is 0.336 e. The molecule has 0 spiro atoms. The summed E-state index contributed by atoms with van der Waals surface area (Å²) in [6.45, 7) is 1.80. The van der Waals surface area contributed by atoms with Crippen molar-refractivity contribution in [3.63, 3.8) is 0 Å². The summed E-state index contributed by atoms with van der Waals surface area (Å²) in [5.41, 5.74) is -0.119. The number of amides is 2. The second kappa shape index (κ2) is 9.02. The Labute approximate surface area is 159 Å². The van der Waals surface area contributed by atoms with E-state index in [1.165, 1.54) is 0 Å². The van der Waals surface area contributed by atoms with Crippen LogP contribution in [-0.2, 0) is 9.59 Å². The smallest absolute Gasteiger partial charge is 0.238 e. The highest BCUT2D eigenvalue weighted by Crippen LogP contribution is 2.27. The lowest BCUT2D eigenvalue weighted by Crippen LogP contribution is -2.55. The number of rotatable bonds is 6. The molecule has 0 heterocycles. The van der Waals surface area contributed by atoms with Gasteiger partial charge in [-0.3, -0.25) is 14.5 Å². The van der Waals surface area contributed by atoms with E-state index in [0.29, 0.717) is 23.6 Å². The maximum absolute atomic E-state index is 12.5. The van der Waals surface area contributed by atoms with Crippen LogP contribution in [0.25, 0.3) is 0 Å². The van der Waals surface area contributed by atoms with Crippen molar-refractivity contribution in [2.24, 2.45) is 0 Å². The van der Waals surface area contributed by atoms with Crippen molar-refractivity contribution in [1.82, 2.24) is 10.2 Å². The van der Waals surface area contributed by atoms with Gasteiger partial charge in [0, 0.05) is 10.7 Å². The molecular weight excluding hydrogens is 352 g/mol. The van der Waals surface area contributed by atoms with Crippen LogP contribution in [0.1, 0.15) is 39.0 Å². The van der Waals surface area contributed by atoms with Crippen molar-refractivity contribution >= 4 is 29.1 Å². The van der Waals surface area contributed by atoms with Gasteiger partial charge in [0.15, 0.2) is 0 Å². The predicted molar refractivity (Wildman–Crippen MR) is 102 cm³/mol. The number of nitrogens with one attached hydrogen (secondary N) is 2. The highest BCUT2D eigenvalue weighted by molar-refractivity contribution is 6.30. The second-order valence-corrected chi connectivity index (χ2v) is 7.33. The van der Waals surface area contributed by atoms with Gasteiger partial charge >= 0.3 is 0 Å². The average molecular weight is 377 g/mol. The molecule has 1 aliphatic rings. The molecule has 6 nitrogen and oxygen atoms in total. The molecule has 1 atom stereocenters. The lowest BCUT2D eigenvalue weighted by molar-refractivity contribution is -0.128. The third kappa shape index (κ3) is 5.45. The van der Waals surface area contributed by atoms with Crippen LogP contribution in [0.5, 0.6) is 0 Å². The number of anilines is 1. The quantitative estimate of drug-likeness (QED) is 0.799. The van der Waals surface area contributed by atoms with E-state index in [9.17, 15) is 14.9 Å². The molecule has 0 radical (unpaired) electrons. The molecule has 7 heteroatoms. The molecule has 1 fully saturated rings. The average Bonchev–Trinajstić information content (AvgIpc) is 2.63. The number of halogens is 1. The highest BCUT2D eigenvalue weighted by atomic mass is 35.5. The van der Waals surface area contributed by atoms with Crippen molar-refractivity contribution in [3.8, 4) is 6.07 Å². The van der Waals surface area contributed by atoms with Crippen LogP contribution in [-0.4, -0.2) is 41.9 Å². The van der Waals surface area contributed by atoms with Crippen LogP contribution in [0.15, 0.2) is 24.3 Å². The molecule has 0 saturated heterocycles. The van der Waals surface area contributed by atoms with Crippen molar-refractivity contribution in [2.45, 2.75) is 50.6 Å². The van der Waals surface area contributed by atoms with Gasteiger partial charge in [0.2, 0.25) is 11.8 Å². The van der Waals surface area contributed by atoms with Crippen LogP contribution in [0.4, 0.5) is 5.69 Å². The maximum atomic E-state index is 12.5. The summed E-state index contributed by atoms with van der Waals surface area (Å²) in [4.78, 5) is 26.4. The van der Waals surface area contributed by atoms with Crippen molar-refractivity contribution in [2.75, 3.05) is 18.9 Å². The summed E-state index contributed by atoms with van der Waals surface area (Å²) in [6, 6.07) is 8.59. The van der Waals surface area contributed by atoms with E-state index in [4.69, 9.17) is 11.6 Å². The fourth-order valence-corrected chi connectivity index (χ4v) is 3.18. The Hall–Kier alpha value is -2.10. The van der Waals surface area contributed by atoms with E-state index in [0.717, 1.165) is 19.3 Å². The third-order valence-electron chi connectivity index (χ3n) is 4.85. The molecule has 0 bridgehead atoms. The van der Waals surface area contributed by atoms with Crippen LogP contribution in [0, 0.1) is 11.3 Å². The first-order chi connectivity index (χ1) is 12.3. The topological polar surface area (TPSA) is 85.2 Å². The molecule has 140 valence electrons. The van der Waals surface area contributed by atoms with E-state index < -0.39 is 11.6 Å². The molecule has 2 N–H and O–H groups in total. The SMILES string of the molecule is CC(C(=O)NC1(C#N)CCCCC1)N(C)CC(=O)Nc1ccc(Cl)cc1. The van der Waals surface area contributed by atoms with Gasteiger partial charge in [-0.25, -0.2) is 0 Å². The Bertz CT molecular complexity index is 678. The van der Waals surface area contributed by atoms with E-state index >= 15 is 0 Å². The van der Waals surface area contributed by atoms with Gasteiger partial charge in [0.05, 0.1) is 18.7 Å². The van der Waals surface area contributed by atoms with Gasteiger partial charge in [0.25, 0.3) is 0 Å². The van der Waals surface area contributed by atoms with E-state index in [2.05, 4.69) is 16.7 Å². The zero-order chi connectivity index (χ0) is 19.2. The molecular formula is C19H25ClN4O2. The fourth-order valence-electron chi connectivity index (χ4n) is 3.06. The number of carbonyl (C=O) groups is 2. The summed E-state index contributed by atoms with van der Waals surface area (Å²) in [7, 11) is 1.71. The van der Waals surface area contributed by atoms with Crippen molar-refractivity contribution < 1.29 is 9.59 Å².